The van der Waals surface area contributed by atoms with Gasteiger partial charge in [0.25, 0.3) is 0 Å². The van der Waals surface area contributed by atoms with E-state index in [1.54, 1.807) is 0 Å². The molecule has 3 nitrogen and oxygen atoms in total. The number of carboxylic acids is 1. The van der Waals surface area contributed by atoms with Crippen molar-refractivity contribution >= 4 is 5.97 Å². The molecular weight excluding hydrogens is 214 g/mol. The summed E-state index contributed by atoms with van der Waals surface area (Å²) in [6.45, 7) is 0.874. The van der Waals surface area contributed by atoms with Crippen LogP contribution < -0.4 is 5.32 Å². The topological polar surface area (TPSA) is 49.3 Å². The highest BCUT2D eigenvalue weighted by molar-refractivity contribution is 5.66. The minimum Gasteiger partial charge on any atom is -0.481 e. The average molecular weight is 239 g/mol. The lowest BCUT2D eigenvalue weighted by Gasteiger charge is -2.39. The Bertz CT molecular complexity index is 259. The number of hydrogen-bond donors (Lipinski definition) is 2. The minimum atomic E-state index is -0.675. The van der Waals surface area contributed by atoms with Gasteiger partial charge in [-0.2, -0.15) is 0 Å². The molecule has 2 fully saturated rings. The average Bonchev–Trinajstić information content (AvgIpc) is 2.68. The Morgan fingerprint density at radius 2 is 1.88 bits per heavy atom. The zero-order valence-corrected chi connectivity index (χ0v) is 10.7. The van der Waals surface area contributed by atoms with Crippen molar-refractivity contribution in [3.05, 3.63) is 0 Å². The van der Waals surface area contributed by atoms with Crippen molar-refractivity contribution in [1.29, 1.82) is 0 Å². The first-order valence-electron chi connectivity index (χ1n) is 7.18. The van der Waals surface area contributed by atoms with Crippen LogP contribution >= 0.6 is 0 Å². The maximum Gasteiger partial charge on any atom is 0.303 e. The fraction of sp³-hybridized carbons (Fsp3) is 0.929. The fourth-order valence-electron chi connectivity index (χ4n) is 3.83. The van der Waals surface area contributed by atoms with Crippen molar-refractivity contribution in [2.24, 2.45) is 5.41 Å². The molecule has 1 atom stereocenters. The molecule has 2 saturated carbocycles. The van der Waals surface area contributed by atoms with Gasteiger partial charge in [-0.15, -0.1) is 0 Å². The molecule has 98 valence electrons. The second-order valence-corrected chi connectivity index (χ2v) is 5.82. The molecule has 0 aliphatic heterocycles. The Hall–Kier alpha value is -0.570. The highest BCUT2D eigenvalue weighted by Crippen LogP contribution is 2.48. The van der Waals surface area contributed by atoms with E-state index in [2.05, 4.69) is 5.32 Å². The van der Waals surface area contributed by atoms with Crippen LogP contribution in [0.25, 0.3) is 0 Å². The Labute approximate surface area is 104 Å². The van der Waals surface area contributed by atoms with E-state index in [9.17, 15) is 4.79 Å². The maximum absolute atomic E-state index is 10.5. The van der Waals surface area contributed by atoms with E-state index < -0.39 is 5.97 Å². The van der Waals surface area contributed by atoms with E-state index in [4.69, 9.17) is 5.11 Å². The third-order valence-electron chi connectivity index (χ3n) is 4.71. The van der Waals surface area contributed by atoms with Crippen LogP contribution in [0.1, 0.15) is 64.2 Å². The Balaban J connectivity index is 1.76. The van der Waals surface area contributed by atoms with Gasteiger partial charge in [-0.05, 0) is 44.1 Å². The van der Waals surface area contributed by atoms with Gasteiger partial charge in [0.1, 0.15) is 0 Å². The summed E-state index contributed by atoms with van der Waals surface area (Å²) in [6, 6.07) is 0.664. The Kier molecular flexibility index (Phi) is 4.43. The fourth-order valence-corrected chi connectivity index (χ4v) is 3.83. The maximum atomic E-state index is 10.5. The first-order chi connectivity index (χ1) is 8.23. The largest absolute Gasteiger partial charge is 0.481 e. The first kappa shape index (κ1) is 12.9. The molecule has 2 rings (SSSR count). The van der Waals surface area contributed by atoms with Gasteiger partial charge in [0.05, 0.1) is 0 Å². The second kappa shape index (κ2) is 5.85. The first-order valence-corrected chi connectivity index (χ1v) is 7.18. The molecule has 2 aliphatic carbocycles. The van der Waals surface area contributed by atoms with E-state index in [0.717, 1.165) is 13.0 Å². The highest BCUT2D eigenvalue weighted by atomic mass is 16.4. The molecule has 0 aromatic heterocycles. The summed E-state index contributed by atoms with van der Waals surface area (Å²) >= 11 is 0. The number of carbonyl (C=O) groups is 1. The van der Waals surface area contributed by atoms with Crippen LogP contribution in [0.3, 0.4) is 0 Å². The van der Waals surface area contributed by atoms with Gasteiger partial charge in [-0.1, -0.05) is 25.7 Å². The van der Waals surface area contributed by atoms with Gasteiger partial charge in [0.2, 0.25) is 0 Å². The number of nitrogens with one attached hydrogen (secondary N) is 1. The lowest BCUT2D eigenvalue weighted by molar-refractivity contribution is -0.137. The van der Waals surface area contributed by atoms with Gasteiger partial charge >= 0.3 is 5.97 Å². The zero-order chi connectivity index (χ0) is 12.1. The van der Waals surface area contributed by atoms with E-state index >= 15 is 0 Å². The van der Waals surface area contributed by atoms with Crippen molar-refractivity contribution in [2.45, 2.75) is 70.3 Å². The standard InChI is InChI=1S/C14H25NO2/c16-13(17)7-5-11-15-12-6-4-10-14(12)8-2-1-3-9-14/h12,15H,1-11H2,(H,16,17). The van der Waals surface area contributed by atoms with Crippen molar-refractivity contribution < 1.29 is 9.90 Å². The minimum absolute atomic E-state index is 0.298. The van der Waals surface area contributed by atoms with Crippen molar-refractivity contribution in [2.75, 3.05) is 6.54 Å². The Morgan fingerprint density at radius 3 is 2.59 bits per heavy atom. The Morgan fingerprint density at radius 1 is 1.18 bits per heavy atom. The summed E-state index contributed by atoms with van der Waals surface area (Å²) in [5.74, 6) is -0.675. The molecule has 2 aliphatic rings. The van der Waals surface area contributed by atoms with Crippen molar-refractivity contribution in [3.63, 3.8) is 0 Å². The van der Waals surface area contributed by atoms with E-state index in [0.29, 0.717) is 17.9 Å². The molecule has 0 bridgehead atoms. The monoisotopic (exact) mass is 239 g/mol. The summed E-state index contributed by atoms with van der Waals surface area (Å²) in [7, 11) is 0. The molecule has 0 amide bonds. The van der Waals surface area contributed by atoms with Crippen molar-refractivity contribution in [3.8, 4) is 0 Å². The van der Waals surface area contributed by atoms with Crippen LogP contribution in [0.15, 0.2) is 0 Å². The molecule has 1 unspecified atom stereocenters. The number of carboxylic acid groups (broad SMARTS) is 1. The molecule has 3 heteroatoms. The van der Waals surface area contributed by atoms with Gasteiger partial charge in [0.15, 0.2) is 0 Å². The highest BCUT2D eigenvalue weighted by Gasteiger charge is 2.42. The summed E-state index contributed by atoms with van der Waals surface area (Å²) in [6.07, 6.45) is 12.1. The lowest BCUT2D eigenvalue weighted by atomic mass is 9.70. The second-order valence-electron chi connectivity index (χ2n) is 5.82. The third kappa shape index (κ3) is 3.21. The normalized spacial score (nSPS) is 27.4. The SMILES string of the molecule is O=C(O)CCCNC1CCCC12CCCCC2. The molecule has 0 radical (unpaired) electrons. The summed E-state index contributed by atoms with van der Waals surface area (Å²) < 4.78 is 0. The molecule has 0 saturated heterocycles. The predicted octanol–water partition coefficient (Wildman–Crippen LogP) is 2.94. The van der Waals surface area contributed by atoms with Gasteiger partial charge in [0, 0.05) is 12.5 Å². The van der Waals surface area contributed by atoms with Crippen LogP contribution in [0, 0.1) is 5.41 Å². The molecule has 0 heterocycles. The molecule has 2 N–H and O–H groups in total. The van der Waals surface area contributed by atoms with Gasteiger partial charge in [-0.25, -0.2) is 0 Å². The van der Waals surface area contributed by atoms with Gasteiger partial charge < -0.3 is 10.4 Å². The number of aliphatic carboxylic acids is 1. The quantitative estimate of drug-likeness (QED) is 0.725. The smallest absolute Gasteiger partial charge is 0.303 e. The number of hydrogen-bond acceptors (Lipinski definition) is 2. The van der Waals surface area contributed by atoms with Crippen LogP contribution in [-0.4, -0.2) is 23.7 Å². The van der Waals surface area contributed by atoms with E-state index in [1.165, 1.54) is 51.4 Å². The van der Waals surface area contributed by atoms with Crippen LogP contribution in [0.2, 0.25) is 0 Å². The van der Waals surface area contributed by atoms with Crippen LogP contribution in [-0.2, 0) is 4.79 Å². The third-order valence-corrected chi connectivity index (χ3v) is 4.71. The summed E-state index contributed by atoms with van der Waals surface area (Å²) in [5.41, 5.74) is 0.571. The van der Waals surface area contributed by atoms with Crippen LogP contribution in [0.4, 0.5) is 0 Å². The van der Waals surface area contributed by atoms with Gasteiger partial charge in [-0.3, -0.25) is 4.79 Å². The molecular formula is C14H25NO2. The van der Waals surface area contributed by atoms with E-state index in [1.807, 2.05) is 0 Å². The van der Waals surface area contributed by atoms with Crippen LogP contribution in [0.5, 0.6) is 0 Å². The molecule has 0 aromatic rings. The zero-order valence-electron chi connectivity index (χ0n) is 10.7. The summed E-state index contributed by atoms with van der Waals surface area (Å²) in [5, 5.41) is 12.3. The molecule has 0 aromatic carbocycles. The van der Waals surface area contributed by atoms with E-state index in [-0.39, 0.29) is 0 Å². The lowest BCUT2D eigenvalue weighted by Crippen LogP contribution is -2.43. The predicted molar refractivity (Wildman–Crippen MR) is 68.0 cm³/mol. The number of rotatable bonds is 5. The molecule has 17 heavy (non-hydrogen) atoms. The summed E-state index contributed by atoms with van der Waals surface area (Å²) in [4.78, 5) is 10.5. The molecule has 1 spiro atoms. The van der Waals surface area contributed by atoms with Crippen molar-refractivity contribution in [1.82, 2.24) is 5.32 Å².